The number of anilines is 1. The molecule has 0 aliphatic heterocycles. The van der Waals surface area contributed by atoms with Gasteiger partial charge in [-0.15, -0.1) is 11.3 Å². The fourth-order valence-electron chi connectivity index (χ4n) is 2.74. The molecule has 1 aromatic carbocycles. The molecule has 0 aliphatic carbocycles. The van der Waals surface area contributed by atoms with Crippen molar-refractivity contribution in [2.75, 3.05) is 25.1 Å². The maximum Gasteiger partial charge on any atom is 0.319 e. The van der Waals surface area contributed by atoms with Crippen LogP contribution in [0.2, 0.25) is 0 Å². The van der Waals surface area contributed by atoms with Crippen LogP contribution in [0.4, 0.5) is 10.5 Å². The summed E-state index contributed by atoms with van der Waals surface area (Å²) in [5, 5.41) is 11.8. The second kappa shape index (κ2) is 10.4. The van der Waals surface area contributed by atoms with Gasteiger partial charge in [-0.3, -0.25) is 4.79 Å². The van der Waals surface area contributed by atoms with Crippen LogP contribution >= 0.6 is 11.3 Å². The fraction of sp³-hybridized carbons (Fsp3) is 0.286. The summed E-state index contributed by atoms with van der Waals surface area (Å²) >= 11 is 1.55. The standard InChI is InChI=1S/C21H24N4O4S/c1-3-28-17-9-7-15(14-18(17)29-4-2)23-21(27)22-11-12-25-20(26)10-8-16(24-25)19-6-5-13-30-19/h5-10,13-14H,3-4,11-12H2,1-2H3,(H2,22,23,27). The summed E-state index contributed by atoms with van der Waals surface area (Å²) in [6.07, 6.45) is 0. The van der Waals surface area contributed by atoms with E-state index < -0.39 is 0 Å². The van der Waals surface area contributed by atoms with Crippen molar-refractivity contribution in [3.8, 4) is 22.1 Å². The molecule has 0 bridgehead atoms. The Morgan fingerprint density at radius 1 is 1.10 bits per heavy atom. The van der Waals surface area contributed by atoms with Crippen LogP contribution in [-0.4, -0.2) is 35.6 Å². The number of rotatable bonds is 9. The zero-order valence-electron chi connectivity index (χ0n) is 16.9. The van der Waals surface area contributed by atoms with E-state index in [1.807, 2.05) is 31.4 Å². The Balaban J connectivity index is 1.57. The van der Waals surface area contributed by atoms with Gasteiger partial charge in [-0.2, -0.15) is 5.10 Å². The molecule has 0 fully saturated rings. The predicted octanol–water partition coefficient (Wildman–Crippen LogP) is 3.59. The summed E-state index contributed by atoms with van der Waals surface area (Å²) < 4.78 is 12.4. The van der Waals surface area contributed by atoms with Crippen molar-refractivity contribution in [1.82, 2.24) is 15.1 Å². The normalized spacial score (nSPS) is 10.5. The maximum atomic E-state index is 12.2. The van der Waals surface area contributed by atoms with Crippen LogP contribution in [0.1, 0.15) is 13.8 Å². The molecular formula is C21H24N4O4S. The van der Waals surface area contributed by atoms with E-state index in [4.69, 9.17) is 9.47 Å². The van der Waals surface area contributed by atoms with E-state index >= 15 is 0 Å². The van der Waals surface area contributed by atoms with Gasteiger partial charge in [0.25, 0.3) is 5.56 Å². The number of aromatic nitrogens is 2. The summed E-state index contributed by atoms with van der Waals surface area (Å²) in [6, 6.07) is 11.9. The van der Waals surface area contributed by atoms with Gasteiger partial charge in [0.2, 0.25) is 0 Å². The average molecular weight is 429 g/mol. The van der Waals surface area contributed by atoms with E-state index in [1.54, 1.807) is 35.6 Å². The third-order valence-corrected chi connectivity index (χ3v) is 4.94. The highest BCUT2D eigenvalue weighted by Crippen LogP contribution is 2.30. The van der Waals surface area contributed by atoms with Crippen molar-refractivity contribution in [2.24, 2.45) is 0 Å². The van der Waals surface area contributed by atoms with Crippen molar-refractivity contribution in [3.63, 3.8) is 0 Å². The highest BCUT2D eigenvalue weighted by molar-refractivity contribution is 7.13. The largest absolute Gasteiger partial charge is 0.490 e. The highest BCUT2D eigenvalue weighted by Gasteiger charge is 2.09. The number of carbonyl (C=O) groups is 1. The number of hydrogen-bond donors (Lipinski definition) is 2. The zero-order chi connectivity index (χ0) is 21.3. The van der Waals surface area contributed by atoms with E-state index in [1.165, 1.54) is 10.7 Å². The molecule has 9 heteroatoms. The zero-order valence-corrected chi connectivity index (χ0v) is 17.7. The first-order chi connectivity index (χ1) is 14.6. The second-order valence-corrected chi connectivity index (χ2v) is 7.11. The number of hydrogen-bond acceptors (Lipinski definition) is 6. The molecule has 2 amide bonds. The van der Waals surface area contributed by atoms with Gasteiger partial charge >= 0.3 is 6.03 Å². The summed E-state index contributed by atoms with van der Waals surface area (Å²) in [5.74, 6) is 1.19. The minimum Gasteiger partial charge on any atom is -0.490 e. The van der Waals surface area contributed by atoms with Gasteiger partial charge < -0.3 is 20.1 Å². The van der Waals surface area contributed by atoms with Gasteiger partial charge in [0, 0.05) is 24.4 Å². The smallest absolute Gasteiger partial charge is 0.319 e. The van der Waals surface area contributed by atoms with Crippen molar-refractivity contribution in [3.05, 3.63) is 58.2 Å². The number of urea groups is 1. The number of ether oxygens (including phenoxy) is 2. The van der Waals surface area contributed by atoms with E-state index in [0.29, 0.717) is 30.4 Å². The van der Waals surface area contributed by atoms with Crippen LogP contribution in [0.25, 0.3) is 10.6 Å². The predicted molar refractivity (Wildman–Crippen MR) is 118 cm³/mol. The first-order valence-electron chi connectivity index (χ1n) is 9.67. The quantitative estimate of drug-likeness (QED) is 0.543. The van der Waals surface area contributed by atoms with Gasteiger partial charge in [-0.1, -0.05) is 6.07 Å². The van der Waals surface area contributed by atoms with Crippen LogP contribution in [0, 0.1) is 0 Å². The van der Waals surface area contributed by atoms with E-state index in [0.717, 1.165) is 10.6 Å². The van der Waals surface area contributed by atoms with E-state index in [9.17, 15) is 9.59 Å². The minimum absolute atomic E-state index is 0.217. The number of thiophene rings is 1. The van der Waals surface area contributed by atoms with E-state index in [2.05, 4.69) is 15.7 Å². The summed E-state index contributed by atoms with van der Waals surface area (Å²) in [7, 11) is 0. The topological polar surface area (TPSA) is 94.5 Å². The van der Waals surface area contributed by atoms with Crippen LogP contribution < -0.4 is 25.7 Å². The fourth-order valence-corrected chi connectivity index (χ4v) is 3.43. The second-order valence-electron chi connectivity index (χ2n) is 6.17. The van der Waals surface area contributed by atoms with Crippen molar-refractivity contribution >= 4 is 23.1 Å². The van der Waals surface area contributed by atoms with Crippen molar-refractivity contribution in [1.29, 1.82) is 0 Å². The van der Waals surface area contributed by atoms with Crippen LogP contribution in [0.15, 0.2) is 52.6 Å². The molecular weight excluding hydrogens is 404 g/mol. The van der Waals surface area contributed by atoms with Gasteiger partial charge in [-0.25, -0.2) is 9.48 Å². The number of nitrogens with zero attached hydrogens (tertiary/aromatic N) is 2. The molecule has 8 nitrogen and oxygen atoms in total. The van der Waals surface area contributed by atoms with E-state index in [-0.39, 0.29) is 24.7 Å². The molecule has 0 unspecified atom stereocenters. The molecule has 30 heavy (non-hydrogen) atoms. The molecule has 158 valence electrons. The highest BCUT2D eigenvalue weighted by atomic mass is 32.1. The molecule has 2 heterocycles. The Morgan fingerprint density at radius 3 is 2.63 bits per heavy atom. The summed E-state index contributed by atoms with van der Waals surface area (Å²) in [4.78, 5) is 25.2. The SMILES string of the molecule is CCOc1ccc(NC(=O)NCCn2nc(-c3cccs3)ccc2=O)cc1OCC. The molecule has 0 aliphatic rings. The Morgan fingerprint density at radius 2 is 1.90 bits per heavy atom. The Hall–Kier alpha value is -3.33. The molecule has 0 radical (unpaired) electrons. The van der Waals surface area contributed by atoms with Crippen molar-refractivity contribution < 1.29 is 14.3 Å². The van der Waals surface area contributed by atoms with Gasteiger partial charge in [0.1, 0.15) is 5.69 Å². The summed E-state index contributed by atoms with van der Waals surface area (Å²) in [6.45, 7) is 5.30. The summed E-state index contributed by atoms with van der Waals surface area (Å²) in [5.41, 5.74) is 1.09. The lowest BCUT2D eigenvalue weighted by Crippen LogP contribution is -2.34. The molecule has 0 atom stereocenters. The third kappa shape index (κ3) is 5.60. The molecule has 2 N–H and O–H groups in total. The van der Waals surface area contributed by atoms with Crippen molar-refractivity contribution in [2.45, 2.75) is 20.4 Å². The minimum atomic E-state index is -0.385. The number of amides is 2. The molecule has 2 aromatic heterocycles. The average Bonchev–Trinajstić information content (AvgIpc) is 3.26. The first kappa shape index (κ1) is 21.4. The third-order valence-electron chi connectivity index (χ3n) is 4.05. The number of benzene rings is 1. The molecule has 0 saturated heterocycles. The monoisotopic (exact) mass is 428 g/mol. The maximum absolute atomic E-state index is 12.2. The van der Waals surface area contributed by atoms with Gasteiger partial charge in [-0.05, 0) is 43.5 Å². The van der Waals surface area contributed by atoms with Crippen LogP contribution in [0.5, 0.6) is 11.5 Å². The molecule has 3 aromatic rings. The number of carbonyl (C=O) groups excluding carboxylic acids is 1. The molecule has 3 rings (SSSR count). The van der Waals surface area contributed by atoms with Gasteiger partial charge in [0.15, 0.2) is 11.5 Å². The number of nitrogens with one attached hydrogen (secondary N) is 2. The van der Waals surface area contributed by atoms with Crippen LogP contribution in [0.3, 0.4) is 0 Å². The Kier molecular flexibility index (Phi) is 7.45. The first-order valence-corrected chi connectivity index (χ1v) is 10.5. The Bertz CT molecular complexity index is 1030. The van der Waals surface area contributed by atoms with Gasteiger partial charge in [0.05, 0.1) is 24.6 Å². The molecule has 0 spiro atoms. The lowest BCUT2D eigenvalue weighted by molar-refractivity contribution is 0.251. The molecule has 0 saturated carbocycles. The lowest BCUT2D eigenvalue weighted by atomic mass is 10.2. The lowest BCUT2D eigenvalue weighted by Gasteiger charge is -2.13. The van der Waals surface area contributed by atoms with Crippen LogP contribution in [-0.2, 0) is 6.54 Å². The Labute approximate surface area is 178 Å².